The fourth-order valence-electron chi connectivity index (χ4n) is 5.30. The Morgan fingerprint density at radius 2 is 1.95 bits per heavy atom. The summed E-state index contributed by atoms with van der Waals surface area (Å²) in [4.78, 5) is 24.4. The number of imidazole rings is 1. The molecule has 9 nitrogen and oxygen atoms in total. The van der Waals surface area contributed by atoms with Gasteiger partial charge in [-0.2, -0.15) is 0 Å². The van der Waals surface area contributed by atoms with Crippen LogP contribution < -0.4 is 15.0 Å². The van der Waals surface area contributed by atoms with E-state index < -0.39 is 5.60 Å². The number of benzene rings is 1. The molecule has 1 amide bonds. The van der Waals surface area contributed by atoms with E-state index in [4.69, 9.17) is 19.2 Å². The van der Waals surface area contributed by atoms with E-state index >= 15 is 0 Å². The van der Waals surface area contributed by atoms with E-state index in [9.17, 15) is 4.79 Å². The minimum atomic E-state index is -0.502. The average molecular weight is 544 g/mol. The van der Waals surface area contributed by atoms with Crippen LogP contribution in [0.4, 0.5) is 10.5 Å². The van der Waals surface area contributed by atoms with Crippen molar-refractivity contribution in [3.05, 3.63) is 54.9 Å². The van der Waals surface area contributed by atoms with Crippen LogP contribution in [0.5, 0.6) is 5.75 Å². The third-order valence-electron chi connectivity index (χ3n) is 7.49. The highest BCUT2D eigenvalue weighted by Gasteiger charge is 2.34. The van der Waals surface area contributed by atoms with Crippen LogP contribution in [-0.4, -0.2) is 65.0 Å². The smallest absolute Gasteiger partial charge is 0.407 e. The topological polar surface area (TPSA) is 90.2 Å². The van der Waals surface area contributed by atoms with E-state index in [2.05, 4.69) is 46.4 Å². The van der Waals surface area contributed by atoms with Gasteiger partial charge in [-0.25, -0.2) is 14.8 Å². The van der Waals surface area contributed by atoms with Gasteiger partial charge in [0.2, 0.25) is 0 Å². The van der Waals surface area contributed by atoms with Crippen LogP contribution in [-0.2, 0) is 9.47 Å². The van der Waals surface area contributed by atoms with Gasteiger partial charge in [0.05, 0.1) is 48.6 Å². The molecule has 40 heavy (non-hydrogen) atoms. The van der Waals surface area contributed by atoms with Crippen LogP contribution in [0.1, 0.15) is 40.5 Å². The normalized spacial score (nSPS) is 17.6. The highest BCUT2D eigenvalue weighted by Crippen LogP contribution is 2.32. The molecule has 4 aromatic rings. The molecule has 0 atom stereocenters. The summed E-state index contributed by atoms with van der Waals surface area (Å²) in [5.41, 5.74) is 4.26. The highest BCUT2D eigenvalue weighted by molar-refractivity contribution is 5.92. The van der Waals surface area contributed by atoms with Crippen molar-refractivity contribution >= 4 is 28.3 Å². The summed E-state index contributed by atoms with van der Waals surface area (Å²) in [6.45, 7) is 11.6. The number of piperidine rings is 1. The van der Waals surface area contributed by atoms with Gasteiger partial charge in [-0.1, -0.05) is 25.1 Å². The number of rotatable bonds is 6. The first kappa shape index (κ1) is 26.4. The number of fused-ring (bicyclic) bond motifs is 2. The van der Waals surface area contributed by atoms with E-state index in [1.807, 2.05) is 55.8 Å². The number of carbonyl (C=O) groups excluding carboxylic acids is 1. The zero-order valence-electron chi connectivity index (χ0n) is 23.6. The number of anilines is 1. The molecule has 2 aliphatic heterocycles. The lowest BCUT2D eigenvalue weighted by molar-refractivity contribution is -0.120. The van der Waals surface area contributed by atoms with Crippen LogP contribution in [0.25, 0.3) is 27.9 Å². The van der Waals surface area contributed by atoms with Crippen LogP contribution in [0.2, 0.25) is 0 Å². The molecule has 9 heteroatoms. The third-order valence-corrected chi connectivity index (χ3v) is 7.49. The monoisotopic (exact) mass is 543 g/mol. The first-order valence-electron chi connectivity index (χ1n) is 14.0. The van der Waals surface area contributed by atoms with Gasteiger partial charge >= 0.3 is 6.09 Å². The SMILES string of the molecule is CC1(COc2ccn3c(-c4ccc5cccc(N6CCC(NC(=O)OC(C)(C)C)CC6)c5n4)cnc3c2)COC1. The molecular weight excluding hydrogens is 506 g/mol. The predicted octanol–water partition coefficient (Wildman–Crippen LogP) is 5.46. The van der Waals surface area contributed by atoms with Crippen LogP contribution in [0.3, 0.4) is 0 Å². The van der Waals surface area contributed by atoms with Crippen molar-refractivity contribution in [1.82, 2.24) is 19.7 Å². The molecule has 2 saturated heterocycles. The molecule has 0 radical (unpaired) electrons. The van der Waals surface area contributed by atoms with Crippen molar-refractivity contribution in [2.75, 3.05) is 37.8 Å². The highest BCUT2D eigenvalue weighted by atomic mass is 16.6. The minimum Gasteiger partial charge on any atom is -0.493 e. The summed E-state index contributed by atoms with van der Waals surface area (Å²) in [5, 5.41) is 4.12. The lowest BCUT2D eigenvalue weighted by atomic mass is 9.90. The summed E-state index contributed by atoms with van der Waals surface area (Å²) in [5.74, 6) is 0.802. The van der Waals surface area contributed by atoms with Crippen molar-refractivity contribution in [3.8, 4) is 17.1 Å². The number of alkyl carbamates (subject to hydrolysis) is 1. The van der Waals surface area contributed by atoms with Crippen molar-refractivity contribution in [2.45, 2.75) is 52.2 Å². The molecule has 0 aliphatic carbocycles. The van der Waals surface area contributed by atoms with Crippen molar-refractivity contribution in [3.63, 3.8) is 0 Å². The number of hydrogen-bond donors (Lipinski definition) is 1. The molecule has 1 aromatic carbocycles. The van der Waals surface area contributed by atoms with E-state index in [0.717, 1.165) is 78.5 Å². The van der Waals surface area contributed by atoms with Crippen LogP contribution in [0, 0.1) is 5.41 Å². The van der Waals surface area contributed by atoms with Gasteiger partial charge in [-0.15, -0.1) is 0 Å². The summed E-state index contributed by atoms with van der Waals surface area (Å²) in [7, 11) is 0. The number of nitrogens with one attached hydrogen (secondary N) is 1. The van der Waals surface area contributed by atoms with Gasteiger partial charge in [-0.3, -0.25) is 4.40 Å². The predicted molar refractivity (Wildman–Crippen MR) is 155 cm³/mol. The van der Waals surface area contributed by atoms with Crippen LogP contribution in [0.15, 0.2) is 54.9 Å². The Kier molecular flexibility index (Phi) is 6.78. The number of aromatic nitrogens is 3. The number of hydrogen-bond acceptors (Lipinski definition) is 7. The Morgan fingerprint density at radius 1 is 1.15 bits per heavy atom. The molecule has 210 valence electrons. The van der Waals surface area contributed by atoms with Gasteiger partial charge in [0, 0.05) is 42.2 Å². The van der Waals surface area contributed by atoms with Crippen molar-refractivity contribution in [1.29, 1.82) is 0 Å². The largest absolute Gasteiger partial charge is 0.493 e. The van der Waals surface area contributed by atoms with Gasteiger partial charge < -0.3 is 24.4 Å². The Hall–Kier alpha value is -3.85. The van der Waals surface area contributed by atoms with Crippen molar-refractivity contribution < 1.29 is 19.0 Å². The van der Waals surface area contributed by atoms with Gasteiger partial charge in [0.25, 0.3) is 0 Å². The standard InChI is InChI=1S/C31H37N5O4/c1-30(2,3)40-29(37)33-22-10-13-35(14-11-22)25-7-5-6-21-8-9-24(34-28(21)25)26-17-32-27-16-23(12-15-36(26)27)39-20-31(4)18-38-19-31/h5-9,12,15-17,22H,10-11,13-14,18-20H2,1-4H3,(H,33,37). The number of para-hydroxylation sites is 1. The number of nitrogens with zero attached hydrogens (tertiary/aromatic N) is 4. The Labute approximate surface area is 234 Å². The molecule has 0 unspecified atom stereocenters. The summed E-state index contributed by atoms with van der Waals surface area (Å²) < 4.78 is 18.9. The van der Waals surface area contributed by atoms with Gasteiger partial charge in [0.1, 0.15) is 17.0 Å². The second-order valence-corrected chi connectivity index (χ2v) is 12.3. The van der Waals surface area contributed by atoms with E-state index in [-0.39, 0.29) is 17.6 Å². The lowest BCUT2D eigenvalue weighted by Gasteiger charge is -2.37. The maximum absolute atomic E-state index is 12.2. The van der Waals surface area contributed by atoms with E-state index in [0.29, 0.717) is 6.61 Å². The molecule has 0 saturated carbocycles. The zero-order valence-corrected chi connectivity index (χ0v) is 23.6. The molecule has 3 aromatic heterocycles. The summed E-state index contributed by atoms with van der Waals surface area (Å²) in [6.07, 6.45) is 5.20. The Bertz CT molecular complexity index is 1530. The molecule has 6 rings (SSSR count). The molecular formula is C31H37N5O4. The molecule has 1 N–H and O–H groups in total. The number of pyridine rings is 2. The summed E-state index contributed by atoms with van der Waals surface area (Å²) in [6, 6.07) is 14.5. The zero-order chi connectivity index (χ0) is 27.9. The molecule has 5 heterocycles. The molecule has 2 fully saturated rings. The minimum absolute atomic E-state index is 0.0866. The van der Waals surface area contributed by atoms with Crippen molar-refractivity contribution in [2.24, 2.45) is 5.41 Å². The molecule has 2 aliphatic rings. The quantitative estimate of drug-likeness (QED) is 0.345. The fraction of sp³-hybridized carbons (Fsp3) is 0.452. The Morgan fingerprint density at radius 3 is 2.67 bits per heavy atom. The second-order valence-electron chi connectivity index (χ2n) is 12.3. The van der Waals surface area contributed by atoms with E-state index in [1.165, 1.54) is 0 Å². The number of ether oxygens (including phenoxy) is 3. The van der Waals surface area contributed by atoms with Gasteiger partial charge in [0.15, 0.2) is 0 Å². The molecule has 0 bridgehead atoms. The Balaban J connectivity index is 1.19. The van der Waals surface area contributed by atoms with Gasteiger partial charge in [-0.05, 0) is 51.8 Å². The number of carbonyl (C=O) groups is 1. The third kappa shape index (κ3) is 5.56. The lowest BCUT2D eigenvalue weighted by Crippen LogP contribution is -2.46. The second kappa shape index (κ2) is 10.3. The molecule has 0 spiro atoms. The fourth-order valence-corrected chi connectivity index (χ4v) is 5.30. The average Bonchev–Trinajstić information content (AvgIpc) is 3.33. The maximum atomic E-state index is 12.2. The van der Waals surface area contributed by atoms with Crippen LogP contribution >= 0.6 is 0 Å². The first-order valence-corrected chi connectivity index (χ1v) is 14.0. The number of amides is 1. The first-order chi connectivity index (χ1) is 19.2. The maximum Gasteiger partial charge on any atom is 0.407 e. The van der Waals surface area contributed by atoms with E-state index in [1.54, 1.807) is 0 Å². The summed E-state index contributed by atoms with van der Waals surface area (Å²) >= 11 is 0.